The number of ether oxygens (including phenoxy) is 1. The highest BCUT2D eigenvalue weighted by Gasteiger charge is 2.34. The fraction of sp³-hybridized carbons (Fsp3) is 0.562. The van der Waals surface area contributed by atoms with Crippen molar-refractivity contribution in [3.05, 3.63) is 29.8 Å². The van der Waals surface area contributed by atoms with Crippen LogP contribution in [0.15, 0.2) is 24.3 Å². The van der Waals surface area contributed by atoms with Gasteiger partial charge in [0.2, 0.25) is 5.91 Å². The van der Waals surface area contributed by atoms with Gasteiger partial charge in [0.1, 0.15) is 0 Å². The van der Waals surface area contributed by atoms with E-state index < -0.39 is 0 Å². The van der Waals surface area contributed by atoms with Crippen LogP contribution in [-0.4, -0.2) is 43.2 Å². The summed E-state index contributed by atoms with van der Waals surface area (Å²) in [6, 6.07) is 8.26. The number of rotatable bonds is 8. The maximum Gasteiger partial charge on any atom is 0.237 e. The smallest absolute Gasteiger partial charge is 0.237 e. The molecule has 0 saturated heterocycles. The van der Waals surface area contributed by atoms with Crippen molar-refractivity contribution in [2.75, 3.05) is 26.0 Å². The van der Waals surface area contributed by atoms with Gasteiger partial charge in [0.15, 0.2) is 0 Å². The summed E-state index contributed by atoms with van der Waals surface area (Å²) in [5, 5.41) is 2.92. The lowest BCUT2D eigenvalue weighted by atomic mass is 10.1. The molecule has 1 aliphatic carbocycles. The zero-order valence-electron chi connectivity index (χ0n) is 12.8. The number of amides is 1. The van der Waals surface area contributed by atoms with Crippen molar-refractivity contribution in [2.45, 2.75) is 38.4 Å². The zero-order chi connectivity index (χ0) is 15.2. The molecule has 0 aromatic heterocycles. The van der Waals surface area contributed by atoms with Crippen LogP contribution < -0.4 is 11.1 Å². The number of methoxy groups -OCH3 is 1. The normalized spacial score (nSPS) is 16.0. The molecular formula is C16H25N3O2. The van der Waals surface area contributed by atoms with Gasteiger partial charge >= 0.3 is 0 Å². The van der Waals surface area contributed by atoms with Crippen molar-refractivity contribution in [1.29, 1.82) is 0 Å². The van der Waals surface area contributed by atoms with Crippen LogP contribution in [0.4, 0.5) is 5.69 Å². The topological polar surface area (TPSA) is 67.6 Å². The first-order valence-electron chi connectivity index (χ1n) is 7.48. The molecule has 0 aliphatic heterocycles. The molecule has 1 fully saturated rings. The van der Waals surface area contributed by atoms with Gasteiger partial charge in [0.05, 0.1) is 12.6 Å². The summed E-state index contributed by atoms with van der Waals surface area (Å²) in [7, 11) is 1.63. The first-order valence-corrected chi connectivity index (χ1v) is 7.48. The third kappa shape index (κ3) is 4.72. The summed E-state index contributed by atoms with van der Waals surface area (Å²) in [4.78, 5) is 14.5. The molecule has 1 saturated carbocycles. The number of nitrogens with zero attached hydrogens (tertiary/aromatic N) is 1. The van der Waals surface area contributed by atoms with E-state index in [9.17, 15) is 4.79 Å². The average molecular weight is 291 g/mol. The molecule has 21 heavy (non-hydrogen) atoms. The van der Waals surface area contributed by atoms with Gasteiger partial charge < -0.3 is 15.8 Å². The molecule has 2 rings (SSSR count). The van der Waals surface area contributed by atoms with E-state index in [1.165, 1.54) is 18.4 Å². The SMILES string of the molecule is COCCNC(=O)C(C)N(Cc1ccc(N)cc1)C1CC1. The van der Waals surface area contributed by atoms with E-state index in [1.54, 1.807) is 7.11 Å². The van der Waals surface area contributed by atoms with Crippen molar-refractivity contribution < 1.29 is 9.53 Å². The Morgan fingerprint density at radius 2 is 2.10 bits per heavy atom. The molecular weight excluding hydrogens is 266 g/mol. The van der Waals surface area contributed by atoms with Crippen molar-refractivity contribution >= 4 is 11.6 Å². The molecule has 0 radical (unpaired) electrons. The van der Waals surface area contributed by atoms with Crippen molar-refractivity contribution in [3.8, 4) is 0 Å². The second kappa shape index (κ2) is 7.43. The minimum Gasteiger partial charge on any atom is -0.399 e. The quantitative estimate of drug-likeness (QED) is 0.561. The molecule has 0 heterocycles. The predicted molar refractivity (Wildman–Crippen MR) is 83.8 cm³/mol. The summed E-state index contributed by atoms with van der Waals surface area (Å²) in [5.41, 5.74) is 7.67. The third-order valence-corrected chi connectivity index (χ3v) is 3.84. The maximum absolute atomic E-state index is 12.2. The number of hydrogen-bond donors (Lipinski definition) is 2. The van der Waals surface area contributed by atoms with Crippen molar-refractivity contribution in [3.63, 3.8) is 0 Å². The van der Waals surface area contributed by atoms with E-state index >= 15 is 0 Å². The lowest BCUT2D eigenvalue weighted by Gasteiger charge is -2.28. The van der Waals surface area contributed by atoms with Crippen LogP contribution in [0.1, 0.15) is 25.3 Å². The van der Waals surface area contributed by atoms with Crippen LogP contribution >= 0.6 is 0 Å². The number of nitrogen functional groups attached to an aromatic ring is 1. The van der Waals surface area contributed by atoms with Gasteiger partial charge in [-0.1, -0.05) is 12.1 Å². The van der Waals surface area contributed by atoms with Crippen LogP contribution in [0.3, 0.4) is 0 Å². The number of benzene rings is 1. The highest BCUT2D eigenvalue weighted by atomic mass is 16.5. The molecule has 5 nitrogen and oxygen atoms in total. The third-order valence-electron chi connectivity index (χ3n) is 3.84. The summed E-state index contributed by atoms with van der Waals surface area (Å²) >= 11 is 0. The number of anilines is 1. The molecule has 1 amide bonds. The Balaban J connectivity index is 1.94. The summed E-state index contributed by atoms with van der Waals surface area (Å²) < 4.78 is 4.96. The highest BCUT2D eigenvalue weighted by molar-refractivity contribution is 5.81. The van der Waals surface area contributed by atoms with Gasteiger partial charge in [-0.15, -0.1) is 0 Å². The van der Waals surface area contributed by atoms with Crippen LogP contribution in [0.25, 0.3) is 0 Å². The van der Waals surface area contributed by atoms with Gasteiger partial charge in [-0.2, -0.15) is 0 Å². The van der Waals surface area contributed by atoms with Crippen molar-refractivity contribution in [1.82, 2.24) is 10.2 Å². The zero-order valence-corrected chi connectivity index (χ0v) is 12.8. The Kier molecular flexibility index (Phi) is 5.59. The summed E-state index contributed by atoms with van der Waals surface area (Å²) in [6.07, 6.45) is 2.34. The van der Waals surface area contributed by atoms with Crippen LogP contribution in [0, 0.1) is 0 Å². The van der Waals surface area contributed by atoms with E-state index in [0.29, 0.717) is 19.2 Å². The molecule has 1 aliphatic rings. The Bertz CT molecular complexity index is 457. The fourth-order valence-electron chi connectivity index (χ4n) is 2.40. The largest absolute Gasteiger partial charge is 0.399 e. The van der Waals surface area contributed by atoms with Crippen LogP contribution in [0.5, 0.6) is 0 Å². The molecule has 0 spiro atoms. The van der Waals surface area contributed by atoms with Gasteiger partial charge in [-0.3, -0.25) is 9.69 Å². The monoisotopic (exact) mass is 291 g/mol. The Morgan fingerprint density at radius 3 is 2.67 bits per heavy atom. The fourth-order valence-corrected chi connectivity index (χ4v) is 2.40. The molecule has 0 bridgehead atoms. The van der Waals surface area contributed by atoms with Crippen LogP contribution in [0.2, 0.25) is 0 Å². The molecule has 3 N–H and O–H groups in total. The number of nitrogens with one attached hydrogen (secondary N) is 1. The van der Waals surface area contributed by atoms with Gasteiger partial charge in [0, 0.05) is 31.9 Å². The minimum atomic E-state index is -0.132. The predicted octanol–water partition coefficient (Wildman–Crippen LogP) is 1.38. The van der Waals surface area contributed by atoms with E-state index in [-0.39, 0.29) is 11.9 Å². The lowest BCUT2D eigenvalue weighted by Crippen LogP contribution is -2.46. The summed E-state index contributed by atoms with van der Waals surface area (Å²) in [5.74, 6) is 0.0643. The second-order valence-electron chi connectivity index (χ2n) is 5.60. The summed E-state index contributed by atoms with van der Waals surface area (Å²) in [6.45, 7) is 3.85. The van der Waals surface area contributed by atoms with E-state index in [2.05, 4.69) is 10.2 Å². The standard InChI is InChI=1S/C16H25N3O2/c1-12(16(20)18-9-10-21-2)19(15-7-8-15)11-13-3-5-14(17)6-4-13/h3-6,12,15H,7-11,17H2,1-2H3,(H,18,20). The van der Waals surface area contributed by atoms with Gasteiger partial charge in [-0.05, 0) is 37.5 Å². The molecule has 116 valence electrons. The Labute approximate surface area is 126 Å². The lowest BCUT2D eigenvalue weighted by molar-refractivity contribution is -0.126. The number of carbonyl (C=O) groups excluding carboxylic acids is 1. The first kappa shape index (κ1) is 15.8. The molecule has 5 heteroatoms. The molecule has 1 aromatic carbocycles. The Morgan fingerprint density at radius 1 is 1.43 bits per heavy atom. The molecule has 1 atom stereocenters. The van der Waals surface area contributed by atoms with E-state index in [0.717, 1.165) is 12.2 Å². The molecule has 1 unspecified atom stereocenters. The van der Waals surface area contributed by atoms with E-state index in [4.69, 9.17) is 10.5 Å². The maximum atomic E-state index is 12.2. The average Bonchev–Trinajstić information content (AvgIpc) is 3.30. The first-order chi connectivity index (χ1) is 10.1. The Hall–Kier alpha value is -1.59. The number of nitrogens with two attached hydrogens (primary N) is 1. The van der Waals surface area contributed by atoms with Crippen molar-refractivity contribution in [2.24, 2.45) is 0 Å². The minimum absolute atomic E-state index is 0.0643. The highest BCUT2D eigenvalue weighted by Crippen LogP contribution is 2.30. The molecule has 1 aromatic rings. The van der Waals surface area contributed by atoms with E-state index in [1.807, 2.05) is 31.2 Å². The van der Waals surface area contributed by atoms with Gasteiger partial charge in [-0.25, -0.2) is 0 Å². The van der Waals surface area contributed by atoms with Crippen LogP contribution in [-0.2, 0) is 16.1 Å². The van der Waals surface area contributed by atoms with Gasteiger partial charge in [0.25, 0.3) is 0 Å². The number of hydrogen-bond acceptors (Lipinski definition) is 4. The number of carbonyl (C=O) groups is 1. The second-order valence-corrected chi connectivity index (χ2v) is 5.60.